The van der Waals surface area contributed by atoms with Gasteiger partial charge in [-0.05, 0) is 18.6 Å². The Morgan fingerprint density at radius 2 is 1.95 bits per heavy atom. The molecule has 1 aromatic heterocycles. The molecule has 0 amide bonds. The van der Waals surface area contributed by atoms with Gasteiger partial charge in [-0.25, -0.2) is 4.98 Å². The summed E-state index contributed by atoms with van der Waals surface area (Å²) in [5, 5.41) is 3.10. The molecular formula is C12H10ClF3N4. The summed E-state index contributed by atoms with van der Waals surface area (Å²) in [5.41, 5.74) is 5.42. The number of para-hydroxylation sites is 1. The number of alkyl halides is 3. The molecule has 20 heavy (non-hydrogen) atoms. The van der Waals surface area contributed by atoms with E-state index in [2.05, 4.69) is 15.3 Å². The first kappa shape index (κ1) is 14.4. The molecule has 0 spiro atoms. The summed E-state index contributed by atoms with van der Waals surface area (Å²) in [6, 6.07) is 5.90. The molecule has 106 valence electrons. The second-order valence-corrected chi connectivity index (χ2v) is 4.46. The van der Waals surface area contributed by atoms with Crippen LogP contribution in [0.5, 0.6) is 0 Å². The molecule has 0 unspecified atom stereocenters. The Morgan fingerprint density at radius 3 is 2.55 bits per heavy atom. The zero-order valence-corrected chi connectivity index (χ0v) is 11.0. The Balaban J connectivity index is 2.42. The van der Waals surface area contributed by atoms with Crippen LogP contribution in [-0.2, 0) is 6.18 Å². The summed E-state index contributed by atoms with van der Waals surface area (Å²) >= 11 is 5.99. The monoisotopic (exact) mass is 302 g/mol. The predicted octanol–water partition coefficient (Wildman–Crippen LogP) is 3.78. The molecule has 1 heterocycles. The molecule has 2 rings (SSSR count). The summed E-state index contributed by atoms with van der Waals surface area (Å²) in [4.78, 5) is 6.88. The molecule has 0 radical (unpaired) electrons. The molecule has 0 fully saturated rings. The molecule has 0 aliphatic carbocycles. The third kappa shape index (κ3) is 3.11. The van der Waals surface area contributed by atoms with Crippen molar-refractivity contribution in [2.45, 2.75) is 13.1 Å². The summed E-state index contributed by atoms with van der Waals surface area (Å²) in [6.45, 7) is 1.77. The van der Waals surface area contributed by atoms with Crippen molar-refractivity contribution in [2.24, 2.45) is 0 Å². The standard InChI is InChI=1S/C12H10ClF3N4/c1-6-3-2-4-7(13)10(6)19-9-5-8(12(14,15)16)18-11(17)20-9/h2-5H,1H3,(H3,17,18,19,20). The van der Waals surface area contributed by atoms with E-state index in [9.17, 15) is 13.2 Å². The third-order valence-electron chi connectivity index (χ3n) is 2.51. The Morgan fingerprint density at radius 1 is 1.25 bits per heavy atom. The van der Waals surface area contributed by atoms with Gasteiger partial charge in [-0.15, -0.1) is 0 Å². The molecule has 0 aliphatic rings. The number of nitrogens with one attached hydrogen (secondary N) is 1. The lowest BCUT2D eigenvalue weighted by atomic mass is 10.2. The van der Waals surface area contributed by atoms with Gasteiger partial charge in [0.05, 0.1) is 10.7 Å². The Bertz CT molecular complexity index is 623. The molecule has 4 nitrogen and oxygen atoms in total. The second-order valence-electron chi connectivity index (χ2n) is 4.05. The summed E-state index contributed by atoms with van der Waals surface area (Å²) in [5.74, 6) is -0.534. The molecule has 3 N–H and O–H groups in total. The van der Waals surface area contributed by atoms with Crippen molar-refractivity contribution < 1.29 is 13.2 Å². The van der Waals surface area contributed by atoms with Gasteiger partial charge in [0, 0.05) is 6.07 Å². The molecule has 0 aliphatic heterocycles. The van der Waals surface area contributed by atoms with Gasteiger partial charge in [0.15, 0.2) is 5.69 Å². The number of aryl methyl sites for hydroxylation is 1. The minimum absolute atomic E-state index is 0.0685. The van der Waals surface area contributed by atoms with Crippen LogP contribution in [-0.4, -0.2) is 9.97 Å². The number of nitrogens with two attached hydrogens (primary N) is 1. The maximum absolute atomic E-state index is 12.6. The zero-order chi connectivity index (χ0) is 14.9. The first-order valence-corrected chi connectivity index (χ1v) is 5.89. The number of hydrogen-bond acceptors (Lipinski definition) is 4. The van der Waals surface area contributed by atoms with Gasteiger partial charge >= 0.3 is 6.18 Å². The molecule has 8 heteroatoms. The van der Waals surface area contributed by atoms with Gasteiger partial charge in [0.25, 0.3) is 0 Å². The summed E-state index contributed by atoms with van der Waals surface area (Å²) < 4.78 is 37.9. The van der Waals surface area contributed by atoms with E-state index in [0.717, 1.165) is 11.6 Å². The van der Waals surface area contributed by atoms with Crippen LogP contribution >= 0.6 is 11.6 Å². The number of halogens is 4. The SMILES string of the molecule is Cc1cccc(Cl)c1Nc1cc(C(F)(F)F)nc(N)n1. The first-order chi connectivity index (χ1) is 9.27. The van der Waals surface area contributed by atoms with Crippen LogP contribution in [0.25, 0.3) is 0 Å². The molecule has 0 atom stereocenters. The van der Waals surface area contributed by atoms with Gasteiger partial charge in [-0.1, -0.05) is 23.7 Å². The van der Waals surface area contributed by atoms with Crippen LogP contribution in [0.1, 0.15) is 11.3 Å². The minimum atomic E-state index is -4.59. The van der Waals surface area contributed by atoms with Crippen molar-refractivity contribution in [3.05, 3.63) is 40.5 Å². The largest absolute Gasteiger partial charge is 0.433 e. The van der Waals surface area contributed by atoms with Gasteiger partial charge in [0.1, 0.15) is 5.82 Å². The fourth-order valence-corrected chi connectivity index (χ4v) is 1.86. The van der Waals surface area contributed by atoms with Crippen molar-refractivity contribution >= 4 is 29.1 Å². The number of hydrogen-bond donors (Lipinski definition) is 2. The van der Waals surface area contributed by atoms with Crippen molar-refractivity contribution in [3.8, 4) is 0 Å². The molecule has 1 aromatic carbocycles. The Kier molecular flexibility index (Phi) is 3.71. The van der Waals surface area contributed by atoms with Gasteiger partial charge in [0.2, 0.25) is 5.95 Å². The number of benzene rings is 1. The maximum Gasteiger partial charge on any atom is 0.433 e. The number of anilines is 3. The van der Waals surface area contributed by atoms with Gasteiger partial charge in [-0.2, -0.15) is 18.2 Å². The summed E-state index contributed by atoms with van der Waals surface area (Å²) in [7, 11) is 0. The lowest BCUT2D eigenvalue weighted by Crippen LogP contribution is -2.12. The highest BCUT2D eigenvalue weighted by Crippen LogP contribution is 2.32. The van der Waals surface area contributed by atoms with Crippen LogP contribution in [0.2, 0.25) is 5.02 Å². The molecule has 0 saturated carbocycles. The second kappa shape index (κ2) is 5.16. The lowest BCUT2D eigenvalue weighted by molar-refractivity contribution is -0.141. The van der Waals surface area contributed by atoms with Gasteiger partial charge < -0.3 is 11.1 Å². The van der Waals surface area contributed by atoms with Crippen molar-refractivity contribution in [1.29, 1.82) is 0 Å². The molecular weight excluding hydrogens is 293 g/mol. The van der Waals surface area contributed by atoms with Crippen LogP contribution in [0.15, 0.2) is 24.3 Å². The predicted molar refractivity (Wildman–Crippen MR) is 70.9 cm³/mol. The number of nitrogen functional groups attached to an aromatic ring is 1. The van der Waals surface area contributed by atoms with Crippen molar-refractivity contribution in [3.63, 3.8) is 0 Å². The Labute approximate surface area is 117 Å². The van der Waals surface area contributed by atoms with E-state index in [-0.39, 0.29) is 5.82 Å². The fourth-order valence-electron chi connectivity index (χ4n) is 1.59. The van der Waals surface area contributed by atoms with E-state index in [0.29, 0.717) is 10.7 Å². The quantitative estimate of drug-likeness (QED) is 0.886. The van der Waals surface area contributed by atoms with E-state index < -0.39 is 17.8 Å². The highest BCUT2D eigenvalue weighted by Gasteiger charge is 2.33. The van der Waals surface area contributed by atoms with Crippen molar-refractivity contribution in [1.82, 2.24) is 9.97 Å². The lowest BCUT2D eigenvalue weighted by Gasteiger charge is -2.13. The highest BCUT2D eigenvalue weighted by molar-refractivity contribution is 6.33. The fraction of sp³-hybridized carbons (Fsp3) is 0.167. The van der Waals surface area contributed by atoms with Gasteiger partial charge in [-0.3, -0.25) is 0 Å². The van der Waals surface area contributed by atoms with E-state index in [4.69, 9.17) is 17.3 Å². The average molecular weight is 303 g/mol. The van der Waals surface area contributed by atoms with Crippen LogP contribution in [0.3, 0.4) is 0 Å². The smallest absolute Gasteiger partial charge is 0.368 e. The van der Waals surface area contributed by atoms with Crippen LogP contribution in [0.4, 0.5) is 30.6 Å². The highest BCUT2D eigenvalue weighted by atomic mass is 35.5. The normalized spacial score (nSPS) is 11.4. The van der Waals surface area contributed by atoms with Crippen molar-refractivity contribution in [2.75, 3.05) is 11.1 Å². The molecule has 2 aromatic rings. The van der Waals surface area contributed by atoms with Crippen LogP contribution in [0, 0.1) is 6.92 Å². The molecule has 0 bridgehead atoms. The van der Waals surface area contributed by atoms with Crippen LogP contribution < -0.4 is 11.1 Å². The first-order valence-electron chi connectivity index (χ1n) is 5.51. The number of nitrogens with zero attached hydrogens (tertiary/aromatic N) is 2. The number of aromatic nitrogens is 2. The van der Waals surface area contributed by atoms with E-state index in [1.165, 1.54) is 0 Å². The average Bonchev–Trinajstić information content (AvgIpc) is 2.32. The van der Waals surface area contributed by atoms with E-state index >= 15 is 0 Å². The third-order valence-corrected chi connectivity index (χ3v) is 2.82. The summed E-state index contributed by atoms with van der Waals surface area (Å²) in [6.07, 6.45) is -4.59. The number of rotatable bonds is 2. The van der Waals surface area contributed by atoms with E-state index in [1.807, 2.05) is 0 Å². The Hall–Kier alpha value is -2.02. The topological polar surface area (TPSA) is 63.8 Å². The zero-order valence-electron chi connectivity index (χ0n) is 10.3. The molecule has 0 saturated heterocycles. The van der Waals surface area contributed by atoms with E-state index in [1.54, 1.807) is 25.1 Å². The minimum Gasteiger partial charge on any atom is -0.368 e. The maximum atomic E-state index is 12.6.